The van der Waals surface area contributed by atoms with Gasteiger partial charge in [0.05, 0.1) is 20.3 Å². The molecule has 2 unspecified atom stereocenters. The molecule has 0 N–H and O–H groups in total. The quantitative estimate of drug-likeness (QED) is 0.674. The molecule has 4 nitrogen and oxygen atoms in total. The van der Waals surface area contributed by atoms with Crippen molar-refractivity contribution in [1.29, 1.82) is 0 Å². The number of rotatable bonds is 8. The molecule has 1 heterocycles. The maximum absolute atomic E-state index is 5.96. The SMILES string of the molecule is COc1ccc(OCCOCC2CN(C)CCC2c2ccccc2)cc1. The third kappa shape index (κ3) is 5.23. The highest BCUT2D eigenvalue weighted by Gasteiger charge is 2.28. The molecule has 0 spiro atoms. The van der Waals surface area contributed by atoms with Crippen LogP contribution in [-0.4, -0.2) is 52.0 Å². The summed E-state index contributed by atoms with van der Waals surface area (Å²) in [6, 6.07) is 18.5. The number of benzene rings is 2. The fraction of sp³-hybridized carbons (Fsp3) is 0.455. The molecule has 1 saturated heterocycles. The largest absolute Gasteiger partial charge is 0.497 e. The smallest absolute Gasteiger partial charge is 0.119 e. The predicted molar refractivity (Wildman–Crippen MR) is 104 cm³/mol. The molecule has 2 aromatic carbocycles. The van der Waals surface area contributed by atoms with Crippen molar-refractivity contribution in [3.63, 3.8) is 0 Å². The maximum atomic E-state index is 5.96. The van der Waals surface area contributed by atoms with Crippen LogP contribution in [0.25, 0.3) is 0 Å². The Labute approximate surface area is 156 Å². The Morgan fingerprint density at radius 2 is 1.69 bits per heavy atom. The Morgan fingerprint density at radius 1 is 0.962 bits per heavy atom. The highest BCUT2D eigenvalue weighted by atomic mass is 16.5. The van der Waals surface area contributed by atoms with Crippen molar-refractivity contribution in [3.05, 3.63) is 60.2 Å². The number of hydrogen-bond acceptors (Lipinski definition) is 4. The summed E-state index contributed by atoms with van der Waals surface area (Å²) in [5, 5.41) is 0. The lowest BCUT2D eigenvalue weighted by Gasteiger charge is -2.37. The third-order valence-electron chi connectivity index (χ3n) is 5.05. The van der Waals surface area contributed by atoms with E-state index in [0.717, 1.165) is 31.2 Å². The van der Waals surface area contributed by atoms with E-state index in [9.17, 15) is 0 Å². The number of hydrogen-bond donors (Lipinski definition) is 0. The first kappa shape index (κ1) is 18.7. The summed E-state index contributed by atoms with van der Waals surface area (Å²) in [4.78, 5) is 2.40. The van der Waals surface area contributed by atoms with E-state index < -0.39 is 0 Å². The van der Waals surface area contributed by atoms with Crippen molar-refractivity contribution in [1.82, 2.24) is 4.90 Å². The lowest BCUT2D eigenvalue weighted by Crippen LogP contribution is -2.39. The summed E-state index contributed by atoms with van der Waals surface area (Å²) in [6.07, 6.45) is 1.19. The molecule has 0 aromatic heterocycles. The third-order valence-corrected chi connectivity index (χ3v) is 5.05. The monoisotopic (exact) mass is 355 g/mol. The van der Waals surface area contributed by atoms with E-state index in [1.165, 1.54) is 12.0 Å². The minimum atomic E-state index is 0.525. The Balaban J connectivity index is 1.44. The average Bonchev–Trinajstić information content (AvgIpc) is 2.69. The van der Waals surface area contributed by atoms with Gasteiger partial charge >= 0.3 is 0 Å². The maximum Gasteiger partial charge on any atom is 0.119 e. The zero-order valence-corrected chi connectivity index (χ0v) is 15.8. The van der Waals surface area contributed by atoms with E-state index in [1.807, 2.05) is 24.3 Å². The first-order chi connectivity index (χ1) is 12.8. The summed E-state index contributed by atoms with van der Waals surface area (Å²) in [6.45, 7) is 4.17. The summed E-state index contributed by atoms with van der Waals surface area (Å²) in [7, 11) is 3.86. The lowest BCUT2D eigenvalue weighted by atomic mass is 9.81. The topological polar surface area (TPSA) is 30.9 Å². The van der Waals surface area contributed by atoms with Gasteiger partial charge < -0.3 is 19.1 Å². The zero-order chi connectivity index (χ0) is 18.2. The van der Waals surface area contributed by atoms with E-state index in [-0.39, 0.29) is 0 Å². The molecule has 2 aromatic rings. The molecule has 1 aliphatic heterocycles. The average molecular weight is 355 g/mol. The second kappa shape index (κ2) is 9.60. The Kier molecular flexibility index (Phi) is 6.92. The van der Waals surface area contributed by atoms with Gasteiger partial charge in [0, 0.05) is 12.5 Å². The molecule has 140 valence electrons. The lowest BCUT2D eigenvalue weighted by molar-refractivity contribution is 0.0415. The standard InChI is InChI=1S/C22H29NO3/c1-23-13-12-22(18-6-4-3-5-7-18)19(16-23)17-25-14-15-26-21-10-8-20(24-2)9-11-21/h3-11,19,22H,12-17H2,1-2H3. The van der Waals surface area contributed by atoms with Crippen LogP contribution in [0, 0.1) is 5.92 Å². The van der Waals surface area contributed by atoms with Crippen LogP contribution in [0.4, 0.5) is 0 Å². The molecule has 1 fully saturated rings. The van der Waals surface area contributed by atoms with Gasteiger partial charge in [-0.1, -0.05) is 30.3 Å². The van der Waals surface area contributed by atoms with Crippen LogP contribution >= 0.6 is 0 Å². The minimum absolute atomic E-state index is 0.525. The molecule has 0 saturated carbocycles. The summed E-state index contributed by atoms with van der Waals surface area (Å²) in [5.74, 6) is 2.78. The van der Waals surface area contributed by atoms with Gasteiger partial charge in [0.25, 0.3) is 0 Å². The van der Waals surface area contributed by atoms with E-state index in [0.29, 0.717) is 25.0 Å². The number of nitrogens with zero attached hydrogens (tertiary/aromatic N) is 1. The van der Waals surface area contributed by atoms with Crippen LogP contribution in [-0.2, 0) is 4.74 Å². The number of piperidine rings is 1. The van der Waals surface area contributed by atoms with E-state index in [1.54, 1.807) is 7.11 Å². The predicted octanol–water partition coefficient (Wildman–Crippen LogP) is 3.83. The van der Waals surface area contributed by atoms with Crippen molar-refractivity contribution in [2.75, 3.05) is 47.1 Å². The fourth-order valence-corrected chi connectivity index (χ4v) is 3.65. The molecule has 0 aliphatic carbocycles. The first-order valence-electron chi connectivity index (χ1n) is 9.34. The van der Waals surface area contributed by atoms with Gasteiger partial charge in [0.15, 0.2) is 0 Å². The van der Waals surface area contributed by atoms with Crippen LogP contribution in [0.5, 0.6) is 11.5 Å². The molecule has 4 heteroatoms. The Hall–Kier alpha value is -2.04. The van der Waals surface area contributed by atoms with Gasteiger partial charge in [0.2, 0.25) is 0 Å². The van der Waals surface area contributed by atoms with Crippen LogP contribution in [0.15, 0.2) is 54.6 Å². The normalized spacial score (nSPS) is 20.7. The number of ether oxygens (including phenoxy) is 3. The van der Waals surface area contributed by atoms with Crippen molar-refractivity contribution in [2.24, 2.45) is 5.92 Å². The fourth-order valence-electron chi connectivity index (χ4n) is 3.65. The Morgan fingerprint density at radius 3 is 2.42 bits per heavy atom. The van der Waals surface area contributed by atoms with Crippen LogP contribution < -0.4 is 9.47 Å². The molecular weight excluding hydrogens is 326 g/mol. The minimum Gasteiger partial charge on any atom is -0.497 e. The van der Waals surface area contributed by atoms with Crippen LogP contribution in [0.1, 0.15) is 17.9 Å². The molecule has 0 radical (unpaired) electrons. The van der Waals surface area contributed by atoms with Gasteiger partial charge in [-0.2, -0.15) is 0 Å². The highest BCUT2D eigenvalue weighted by molar-refractivity contribution is 5.31. The van der Waals surface area contributed by atoms with Crippen LogP contribution in [0.2, 0.25) is 0 Å². The van der Waals surface area contributed by atoms with E-state index >= 15 is 0 Å². The van der Waals surface area contributed by atoms with Crippen molar-refractivity contribution >= 4 is 0 Å². The highest BCUT2D eigenvalue weighted by Crippen LogP contribution is 2.32. The second-order valence-corrected chi connectivity index (χ2v) is 6.93. The van der Waals surface area contributed by atoms with Gasteiger partial charge in [-0.05, 0) is 55.8 Å². The number of likely N-dealkylation sites (tertiary alicyclic amines) is 1. The molecule has 0 bridgehead atoms. The zero-order valence-electron chi connectivity index (χ0n) is 15.8. The molecule has 1 aliphatic rings. The van der Waals surface area contributed by atoms with Gasteiger partial charge in [-0.15, -0.1) is 0 Å². The Bertz CT molecular complexity index is 644. The van der Waals surface area contributed by atoms with Crippen LogP contribution in [0.3, 0.4) is 0 Å². The summed E-state index contributed by atoms with van der Waals surface area (Å²) >= 11 is 0. The summed E-state index contributed by atoms with van der Waals surface area (Å²) in [5.41, 5.74) is 1.43. The van der Waals surface area contributed by atoms with Gasteiger partial charge in [-0.25, -0.2) is 0 Å². The van der Waals surface area contributed by atoms with Crippen molar-refractivity contribution in [3.8, 4) is 11.5 Å². The van der Waals surface area contributed by atoms with Crippen molar-refractivity contribution in [2.45, 2.75) is 12.3 Å². The molecule has 26 heavy (non-hydrogen) atoms. The first-order valence-corrected chi connectivity index (χ1v) is 9.34. The van der Waals surface area contributed by atoms with Gasteiger partial charge in [0.1, 0.15) is 18.1 Å². The van der Waals surface area contributed by atoms with Crippen molar-refractivity contribution < 1.29 is 14.2 Å². The molecule has 3 rings (SSSR count). The van der Waals surface area contributed by atoms with Gasteiger partial charge in [-0.3, -0.25) is 0 Å². The molecule has 2 atom stereocenters. The molecular formula is C22H29NO3. The summed E-state index contributed by atoms with van der Waals surface area (Å²) < 4.78 is 16.9. The molecule has 0 amide bonds. The second-order valence-electron chi connectivity index (χ2n) is 6.93. The van der Waals surface area contributed by atoms with E-state index in [2.05, 4.69) is 42.3 Å². The number of methoxy groups -OCH3 is 1. The van der Waals surface area contributed by atoms with E-state index in [4.69, 9.17) is 14.2 Å².